The van der Waals surface area contributed by atoms with Crippen LogP contribution in [0.5, 0.6) is 0 Å². The molecule has 2 rings (SSSR count). The molecule has 0 aliphatic carbocycles. The van der Waals surface area contributed by atoms with Crippen LogP contribution in [0, 0.1) is 5.82 Å². The van der Waals surface area contributed by atoms with Crippen LogP contribution >= 0.6 is 11.8 Å². The van der Waals surface area contributed by atoms with E-state index in [9.17, 15) is 17.6 Å². The average Bonchev–Trinajstić information content (AvgIpc) is 2.27. The third-order valence-electron chi connectivity index (χ3n) is 2.82. The molecule has 1 aliphatic rings. The third-order valence-corrected chi connectivity index (χ3v) is 4.03. The fraction of sp³-hybridized carbons (Fsp3) is 0.500. The zero-order valence-electron chi connectivity index (χ0n) is 9.72. The summed E-state index contributed by atoms with van der Waals surface area (Å²) < 4.78 is 51.1. The average molecular weight is 279 g/mol. The first kappa shape index (κ1) is 13.7. The number of rotatable bonds is 1. The molecule has 2 atom stereocenters. The molecule has 1 heterocycles. The second kappa shape index (κ2) is 5.09. The van der Waals surface area contributed by atoms with Crippen molar-refractivity contribution in [2.75, 3.05) is 5.75 Å². The second-order valence-electron chi connectivity index (χ2n) is 4.38. The van der Waals surface area contributed by atoms with Crippen LogP contribution in [-0.4, -0.2) is 11.8 Å². The lowest BCUT2D eigenvalue weighted by molar-refractivity contribution is -0.137. The lowest BCUT2D eigenvalue weighted by Gasteiger charge is -2.29. The summed E-state index contributed by atoms with van der Waals surface area (Å²) in [5, 5.41) is 2.89. The number of alkyl halides is 3. The van der Waals surface area contributed by atoms with Gasteiger partial charge in [0.2, 0.25) is 0 Å². The van der Waals surface area contributed by atoms with Crippen molar-refractivity contribution >= 4 is 11.8 Å². The Labute approximate surface area is 107 Å². The molecule has 0 radical (unpaired) electrons. The van der Waals surface area contributed by atoms with Gasteiger partial charge in [0.15, 0.2) is 0 Å². The molecule has 1 nitrogen and oxygen atoms in total. The van der Waals surface area contributed by atoms with Crippen LogP contribution < -0.4 is 5.32 Å². The van der Waals surface area contributed by atoms with Crippen molar-refractivity contribution < 1.29 is 17.6 Å². The maximum absolute atomic E-state index is 13.3. The minimum atomic E-state index is -4.51. The van der Waals surface area contributed by atoms with Crippen LogP contribution in [0.3, 0.4) is 0 Å². The molecule has 0 bridgehead atoms. The van der Waals surface area contributed by atoms with Gasteiger partial charge < -0.3 is 0 Å². The van der Waals surface area contributed by atoms with Gasteiger partial charge in [-0.25, -0.2) is 4.39 Å². The molecular formula is C12H13F4NS. The number of hydrogen-bond donors (Lipinski definition) is 1. The van der Waals surface area contributed by atoms with Crippen LogP contribution in [0.25, 0.3) is 0 Å². The maximum atomic E-state index is 13.3. The van der Waals surface area contributed by atoms with Gasteiger partial charge in [-0.3, -0.25) is 5.32 Å². The first-order chi connectivity index (χ1) is 8.36. The summed E-state index contributed by atoms with van der Waals surface area (Å²) in [4.78, 5) is 0. The highest BCUT2D eigenvalue weighted by Crippen LogP contribution is 2.36. The Morgan fingerprint density at radius 2 is 2.00 bits per heavy atom. The standard InChI is InChI=1S/C12H13F4NS/c1-7-2-3-18-11(17-7)8-4-9(12(14,15)16)6-10(13)5-8/h4-7,11,17H,2-3H2,1H3. The SMILES string of the molecule is CC1CCSC(c2cc(F)cc(C(F)(F)F)c2)N1. The summed E-state index contributed by atoms with van der Waals surface area (Å²) in [5.41, 5.74) is -0.586. The Kier molecular flexibility index (Phi) is 3.87. The zero-order chi connectivity index (χ0) is 13.3. The molecule has 1 saturated heterocycles. The van der Waals surface area contributed by atoms with E-state index in [2.05, 4.69) is 5.32 Å². The van der Waals surface area contributed by atoms with Crippen molar-refractivity contribution in [2.45, 2.75) is 30.9 Å². The normalized spacial score (nSPS) is 25.2. The van der Waals surface area contributed by atoms with E-state index in [-0.39, 0.29) is 11.4 Å². The molecule has 0 spiro atoms. The highest BCUT2D eigenvalue weighted by Gasteiger charge is 2.32. The molecule has 6 heteroatoms. The highest BCUT2D eigenvalue weighted by molar-refractivity contribution is 7.99. The third kappa shape index (κ3) is 3.17. The van der Waals surface area contributed by atoms with Gasteiger partial charge in [0.05, 0.1) is 10.9 Å². The summed E-state index contributed by atoms with van der Waals surface area (Å²) in [6, 6.07) is 2.94. The number of halogens is 4. The van der Waals surface area contributed by atoms with Gasteiger partial charge in [-0.2, -0.15) is 13.2 Å². The van der Waals surface area contributed by atoms with Crippen molar-refractivity contribution in [3.63, 3.8) is 0 Å². The van der Waals surface area contributed by atoms with Crippen LogP contribution in [-0.2, 0) is 6.18 Å². The fourth-order valence-electron chi connectivity index (χ4n) is 1.87. The van der Waals surface area contributed by atoms with E-state index in [4.69, 9.17) is 0 Å². The van der Waals surface area contributed by atoms with Gasteiger partial charge in [-0.05, 0) is 42.9 Å². The molecule has 1 aliphatic heterocycles. The summed E-state index contributed by atoms with van der Waals surface area (Å²) in [7, 11) is 0. The van der Waals surface area contributed by atoms with Crippen molar-refractivity contribution in [3.8, 4) is 0 Å². The summed E-state index contributed by atoms with van der Waals surface area (Å²) in [5.74, 6) is 0.0110. The van der Waals surface area contributed by atoms with E-state index < -0.39 is 17.6 Å². The Bertz CT molecular complexity index is 433. The molecular weight excluding hydrogens is 266 g/mol. The van der Waals surface area contributed by atoms with E-state index >= 15 is 0 Å². The van der Waals surface area contributed by atoms with Gasteiger partial charge >= 0.3 is 6.18 Å². The Hall–Kier alpha value is -0.750. The molecule has 1 aromatic carbocycles. The van der Waals surface area contributed by atoms with E-state index in [1.165, 1.54) is 11.8 Å². The molecule has 100 valence electrons. The van der Waals surface area contributed by atoms with Gasteiger partial charge in [0, 0.05) is 6.04 Å². The van der Waals surface area contributed by atoms with Gasteiger partial charge in [0.1, 0.15) is 5.82 Å². The number of nitrogens with one attached hydrogen (secondary N) is 1. The van der Waals surface area contributed by atoms with Crippen molar-refractivity contribution in [1.82, 2.24) is 5.32 Å². The largest absolute Gasteiger partial charge is 0.416 e. The minimum Gasteiger partial charge on any atom is -0.299 e. The molecule has 0 saturated carbocycles. The highest BCUT2D eigenvalue weighted by atomic mass is 32.2. The van der Waals surface area contributed by atoms with Crippen molar-refractivity contribution in [3.05, 3.63) is 35.1 Å². The smallest absolute Gasteiger partial charge is 0.299 e. The van der Waals surface area contributed by atoms with Crippen LogP contribution in [0.4, 0.5) is 17.6 Å². The molecule has 18 heavy (non-hydrogen) atoms. The number of benzene rings is 1. The predicted molar refractivity (Wildman–Crippen MR) is 63.8 cm³/mol. The van der Waals surface area contributed by atoms with Gasteiger partial charge in [-0.15, -0.1) is 11.8 Å². The fourth-order valence-corrected chi connectivity index (χ4v) is 3.25. The van der Waals surface area contributed by atoms with Crippen LogP contribution in [0.1, 0.15) is 29.8 Å². The number of thioether (sulfide) groups is 1. The molecule has 0 amide bonds. The lowest BCUT2D eigenvalue weighted by Crippen LogP contribution is -2.33. The first-order valence-electron chi connectivity index (χ1n) is 5.61. The summed E-state index contributed by atoms with van der Waals surface area (Å²) in [6.45, 7) is 1.97. The molecule has 1 fully saturated rings. The molecule has 2 unspecified atom stereocenters. The van der Waals surface area contributed by atoms with Gasteiger partial charge in [0.25, 0.3) is 0 Å². The van der Waals surface area contributed by atoms with E-state index in [1.54, 1.807) is 0 Å². The van der Waals surface area contributed by atoms with Crippen molar-refractivity contribution in [2.24, 2.45) is 0 Å². The van der Waals surface area contributed by atoms with E-state index in [0.29, 0.717) is 11.6 Å². The van der Waals surface area contributed by atoms with E-state index in [1.807, 2.05) is 6.92 Å². The number of hydrogen-bond acceptors (Lipinski definition) is 2. The Balaban J connectivity index is 2.30. The Morgan fingerprint density at radius 3 is 2.61 bits per heavy atom. The lowest BCUT2D eigenvalue weighted by atomic mass is 10.1. The quantitative estimate of drug-likeness (QED) is 0.781. The van der Waals surface area contributed by atoms with Crippen LogP contribution in [0.2, 0.25) is 0 Å². The van der Waals surface area contributed by atoms with Crippen LogP contribution in [0.15, 0.2) is 18.2 Å². The maximum Gasteiger partial charge on any atom is 0.416 e. The first-order valence-corrected chi connectivity index (χ1v) is 6.66. The monoisotopic (exact) mass is 279 g/mol. The van der Waals surface area contributed by atoms with Crippen molar-refractivity contribution in [1.29, 1.82) is 0 Å². The predicted octanol–water partition coefficient (Wildman–Crippen LogP) is 3.96. The van der Waals surface area contributed by atoms with Gasteiger partial charge in [-0.1, -0.05) is 0 Å². The second-order valence-corrected chi connectivity index (χ2v) is 5.59. The minimum absolute atomic E-state index is 0.230. The topological polar surface area (TPSA) is 12.0 Å². The zero-order valence-corrected chi connectivity index (χ0v) is 10.5. The molecule has 0 aromatic heterocycles. The summed E-state index contributed by atoms with van der Waals surface area (Å²) >= 11 is 1.50. The van der Waals surface area contributed by atoms with E-state index in [0.717, 1.165) is 24.3 Å². The molecule has 1 aromatic rings. The summed E-state index contributed by atoms with van der Waals surface area (Å²) in [6.07, 6.45) is -3.55. The Morgan fingerprint density at radius 1 is 1.28 bits per heavy atom. The molecule has 1 N–H and O–H groups in total.